The van der Waals surface area contributed by atoms with Crippen molar-refractivity contribution in [2.24, 2.45) is 0 Å². The lowest BCUT2D eigenvalue weighted by molar-refractivity contribution is 0.471. The van der Waals surface area contributed by atoms with Gasteiger partial charge in [-0.25, -0.2) is 0 Å². The van der Waals surface area contributed by atoms with E-state index in [4.69, 9.17) is 0 Å². The minimum absolute atomic E-state index is 0.0864. The highest BCUT2D eigenvalue weighted by Crippen LogP contribution is 2.20. The Labute approximate surface area is 122 Å². The van der Waals surface area contributed by atoms with E-state index in [-0.39, 0.29) is 11.3 Å². The number of para-hydroxylation sites is 1. The van der Waals surface area contributed by atoms with Gasteiger partial charge in [0.05, 0.1) is 0 Å². The zero-order valence-corrected chi connectivity index (χ0v) is 11.7. The molecule has 1 heterocycles. The standard InChI is InChI=1S/C17H16N2O2/c1-11-8-14(6-7-16(11)20)18-10-13-9-12-4-2-3-5-15(12)19-17(13)21/h2-9,18,20H,10H2,1H3,(H,19,21). The maximum atomic E-state index is 12.0. The average Bonchev–Trinajstić information content (AvgIpc) is 2.48. The second-order valence-corrected chi connectivity index (χ2v) is 5.07. The predicted molar refractivity (Wildman–Crippen MR) is 84.7 cm³/mol. The Hall–Kier alpha value is -2.75. The number of aromatic hydroxyl groups is 1. The Morgan fingerprint density at radius 2 is 1.95 bits per heavy atom. The molecule has 0 saturated carbocycles. The van der Waals surface area contributed by atoms with Crippen LogP contribution in [0.2, 0.25) is 0 Å². The molecule has 0 atom stereocenters. The third kappa shape index (κ3) is 2.74. The van der Waals surface area contributed by atoms with Gasteiger partial charge < -0.3 is 15.4 Å². The minimum atomic E-state index is -0.0864. The molecule has 0 aliphatic rings. The van der Waals surface area contributed by atoms with E-state index in [1.807, 2.05) is 43.3 Å². The molecule has 2 aromatic carbocycles. The van der Waals surface area contributed by atoms with Crippen molar-refractivity contribution in [1.29, 1.82) is 0 Å². The van der Waals surface area contributed by atoms with E-state index in [1.54, 1.807) is 12.1 Å². The number of benzene rings is 2. The van der Waals surface area contributed by atoms with Gasteiger partial charge in [0.15, 0.2) is 0 Å². The van der Waals surface area contributed by atoms with Crippen LogP contribution in [0.1, 0.15) is 11.1 Å². The van der Waals surface area contributed by atoms with Crippen LogP contribution in [0.3, 0.4) is 0 Å². The number of aromatic amines is 1. The van der Waals surface area contributed by atoms with Crippen molar-refractivity contribution >= 4 is 16.6 Å². The van der Waals surface area contributed by atoms with Gasteiger partial charge in [-0.1, -0.05) is 18.2 Å². The van der Waals surface area contributed by atoms with Crippen LogP contribution < -0.4 is 10.9 Å². The van der Waals surface area contributed by atoms with Crippen molar-refractivity contribution in [3.8, 4) is 5.75 Å². The summed E-state index contributed by atoms with van der Waals surface area (Å²) in [4.78, 5) is 14.9. The van der Waals surface area contributed by atoms with Crippen LogP contribution in [0.4, 0.5) is 5.69 Å². The van der Waals surface area contributed by atoms with Crippen molar-refractivity contribution in [3.05, 3.63) is 70.0 Å². The van der Waals surface area contributed by atoms with Gasteiger partial charge in [-0.2, -0.15) is 0 Å². The van der Waals surface area contributed by atoms with Gasteiger partial charge in [-0.3, -0.25) is 4.79 Å². The van der Waals surface area contributed by atoms with Crippen molar-refractivity contribution in [2.75, 3.05) is 5.32 Å². The summed E-state index contributed by atoms with van der Waals surface area (Å²) in [6, 6.07) is 14.9. The number of phenolic OH excluding ortho intramolecular Hbond substituents is 1. The monoisotopic (exact) mass is 280 g/mol. The Morgan fingerprint density at radius 3 is 2.76 bits per heavy atom. The van der Waals surface area contributed by atoms with Crippen LogP contribution >= 0.6 is 0 Å². The molecule has 4 heteroatoms. The van der Waals surface area contributed by atoms with Crippen LogP contribution in [0, 0.1) is 6.92 Å². The molecule has 0 radical (unpaired) electrons. The van der Waals surface area contributed by atoms with E-state index in [2.05, 4.69) is 10.3 Å². The molecular formula is C17H16N2O2. The molecule has 0 amide bonds. The number of phenols is 1. The maximum Gasteiger partial charge on any atom is 0.253 e. The van der Waals surface area contributed by atoms with E-state index in [1.165, 1.54) is 0 Å². The molecular weight excluding hydrogens is 264 g/mol. The van der Waals surface area contributed by atoms with Crippen LogP contribution in [-0.2, 0) is 6.54 Å². The number of hydrogen-bond acceptors (Lipinski definition) is 3. The lowest BCUT2D eigenvalue weighted by Crippen LogP contribution is -2.15. The van der Waals surface area contributed by atoms with Crippen LogP contribution in [0.15, 0.2) is 53.3 Å². The van der Waals surface area contributed by atoms with Gasteiger partial charge in [0.2, 0.25) is 0 Å². The van der Waals surface area contributed by atoms with Gasteiger partial charge in [0, 0.05) is 23.3 Å². The number of H-pyrrole nitrogens is 1. The molecule has 0 unspecified atom stereocenters. The summed E-state index contributed by atoms with van der Waals surface area (Å²) in [5, 5.41) is 13.7. The lowest BCUT2D eigenvalue weighted by Gasteiger charge is -2.08. The van der Waals surface area contributed by atoms with Crippen molar-refractivity contribution in [2.45, 2.75) is 13.5 Å². The fourth-order valence-electron chi connectivity index (χ4n) is 2.29. The normalized spacial score (nSPS) is 10.7. The summed E-state index contributed by atoms with van der Waals surface area (Å²) in [7, 11) is 0. The molecule has 0 fully saturated rings. The van der Waals surface area contributed by atoms with Gasteiger partial charge in [-0.15, -0.1) is 0 Å². The summed E-state index contributed by atoms with van der Waals surface area (Å²) >= 11 is 0. The second kappa shape index (κ2) is 5.32. The number of pyridine rings is 1. The minimum Gasteiger partial charge on any atom is -0.508 e. The van der Waals surface area contributed by atoms with Crippen molar-refractivity contribution in [3.63, 3.8) is 0 Å². The number of rotatable bonds is 3. The van der Waals surface area contributed by atoms with E-state index in [0.29, 0.717) is 12.1 Å². The van der Waals surface area contributed by atoms with Crippen molar-refractivity contribution in [1.82, 2.24) is 4.98 Å². The Morgan fingerprint density at radius 1 is 1.14 bits per heavy atom. The zero-order chi connectivity index (χ0) is 14.8. The van der Waals surface area contributed by atoms with E-state index in [9.17, 15) is 9.90 Å². The summed E-state index contributed by atoms with van der Waals surface area (Å²) in [6.07, 6.45) is 0. The predicted octanol–water partition coefficient (Wildman–Crippen LogP) is 3.15. The van der Waals surface area contributed by atoms with Gasteiger partial charge in [0.1, 0.15) is 5.75 Å². The molecule has 0 aliphatic heterocycles. The Balaban J connectivity index is 1.86. The molecule has 3 N–H and O–H groups in total. The molecule has 0 saturated heterocycles. The summed E-state index contributed by atoms with van der Waals surface area (Å²) in [6.45, 7) is 2.27. The number of aryl methyl sites for hydroxylation is 1. The zero-order valence-electron chi connectivity index (χ0n) is 11.7. The summed E-state index contributed by atoms with van der Waals surface area (Å²) in [5.41, 5.74) is 3.10. The summed E-state index contributed by atoms with van der Waals surface area (Å²) in [5.74, 6) is 0.268. The van der Waals surface area contributed by atoms with Gasteiger partial charge in [-0.05, 0) is 48.2 Å². The third-order valence-corrected chi connectivity index (χ3v) is 3.51. The molecule has 21 heavy (non-hydrogen) atoms. The molecule has 3 rings (SSSR count). The highest BCUT2D eigenvalue weighted by atomic mass is 16.3. The smallest absolute Gasteiger partial charge is 0.253 e. The topological polar surface area (TPSA) is 65.1 Å². The molecule has 106 valence electrons. The van der Waals surface area contributed by atoms with Crippen LogP contribution in [-0.4, -0.2) is 10.1 Å². The Kier molecular flexibility index (Phi) is 3.36. The van der Waals surface area contributed by atoms with Gasteiger partial charge in [0.25, 0.3) is 5.56 Å². The van der Waals surface area contributed by atoms with E-state index >= 15 is 0 Å². The molecule has 1 aromatic heterocycles. The highest BCUT2D eigenvalue weighted by Gasteiger charge is 2.03. The van der Waals surface area contributed by atoms with E-state index in [0.717, 1.165) is 22.2 Å². The number of aromatic nitrogens is 1. The fourth-order valence-corrected chi connectivity index (χ4v) is 2.29. The second-order valence-electron chi connectivity index (χ2n) is 5.07. The van der Waals surface area contributed by atoms with Crippen molar-refractivity contribution < 1.29 is 5.11 Å². The molecule has 4 nitrogen and oxygen atoms in total. The molecule has 0 bridgehead atoms. The molecule has 0 aliphatic carbocycles. The maximum absolute atomic E-state index is 12.0. The first kappa shape index (κ1) is 13.2. The number of nitrogens with one attached hydrogen (secondary N) is 2. The first-order valence-electron chi connectivity index (χ1n) is 6.78. The number of fused-ring (bicyclic) bond motifs is 1. The third-order valence-electron chi connectivity index (χ3n) is 3.51. The molecule has 3 aromatic rings. The van der Waals surface area contributed by atoms with E-state index < -0.39 is 0 Å². The van der Waals surface area contributed by atoms with Crippen LogP contribution in [0.5, 0.6) is 5.75 Å². The SMILES string of the molecule is Cc1cc(NCc2cc3ccccc3[nH]c2=O)ccc1O. The first-order chi connectivity index (χ1) is 10.1. The number of hydrogen-bond donors (Lipinski definition) is 3. The fraction of sp³-hybridized carbons (Fsp3) is 0.118. The largest absolute Gasteiger partial charge is 0.508 e. The molecule has 0 spiro atoms. The van der Waals surface area contributed by atoms with Gasteiger partial charge >= 0.3 is 0 Å². The average molecular weight is 280 g/mol. The quantitative estimate of drug-likeness (QED) is 0.646. The lowest BCUT2D eigenvalue weighted by atomic mass is 10.1. The van der Waals surface area contributed by atoms with Crippen LogP contribution in [0.25, 0.3) is 10.9 Å². The number of anilines is 1. The summed E-state index contributed by atoms with van der Waals surface area (Å²) < 4.78 is 0. The first-order valence-corrected chi connectivity index (χ1v) is 6.78. The Bertz CT molecular complexity index is 853. The highest BCUT2D eigenvalue weighted by molar-refractivity contribution is 5.78.